The van der Waals surface area contributed by atoms with Gasteiger partial charge in [-0.15, -0.1) is 0 Å². The highest BCUT2D eigenvalue weighted by Gasteiger charge is 2.18. The monoisotopic (exact) mass is 222 g/mol. The Morgan fingerprint density at radius 3 is 3.00 bits per heavy atom. The smallest absolute Gasteiger partial charge is 0.312 e. The first-order chi connectivity index (χ1) is 7.65. The number of nitriles is 1. The third-order valence-electron chi connectivity index (χ3n) is 1.72. The number of H-pyrrole nitrogens is 1. The van der Waals surface area contributed by atoms with E-state index in [1.165, 1.54) is 18.3 Å². The Hall–Kier alpha value is -2.43. The van der Waals surface area contributed by atoms with E-state index in [-0.39, 0.29) is 13.1 Å². The van der Waals surface area contributed by atoms with E-state index in [9.17, 15) is 9.59 Å². The second-order valence-electron chi connectivity index (χ2n) is 2.93. The summed E-state index contributed by atoms with van der Waals surface area (Å²) in [5.41, 5.74) is 0. The molecule has 0 aliphatic carbocycles. The molecule has 0 bridgehead atoms. The zero-order chi connectivity index (χ0) is 12.0. The quantitative estimate of drug-likeness (QED) is 0.472. The van der Waals surface area contributed by atoms with E-state index in [1.54, 1.807) is 6.07 Å². The van der Waals surface area contributed by atoms with Crippen molar-refractivity contribution in [3.63, 3.8) is 0 Å². The van der Waals surface area contributed by atoms with Gasteiger partial charge in [0.2, 0.25) is 0 Å². The van der Waals surface area contributed by atoms with Crippen molar-refractivity contribution >= 4 is 11.8 Å². The molecular formula is C8H10N6O2. The summed E-state index contributed by atoms with van der Waals surface area (Å²) in [6.07, 6.45) is 1.31. The van der Waals surface area contributed by atoms with E-state index in [0.29, 0.717) is 5.82 Å². The minimum Gasteiger partial charge on any atom is -0.335 e. The summed E-state index contributed by atoms with van der Waals surface area (Å²) in [4.78, 5) is 27.6. The summed E-state index contributed by atoms with van der Waals surface area (Å²) in [5, 5.41) is 16.6. The van der Waals surface area contributed by atoms with Crippen LogP contribution >= 0.6 is 0 Å². The van der Waals surface area contributed by atoms with E-state index < -0.39 is 11.8 Å². The molecule has 2 amide bonds. The number of amides is 2. The number of carbonyl (C=O) groups is 2. The molecule has 84 valence electrons. The fraction of sp³-hybridized carbons (Fsp3) is 0.375. The maximum Gasteiger partial charge on any atom is 0.312 e. The molecule has 1 heterocycles. The van der Waals surface area contributed by atoms with Crippen LogP contribution in [0.5, 0.6) is 0 Å². The predicted octanol–water partition coefficient (Wildman–Crippen LogP) is -1.60. The first-order valence-electron chi connectivity index (χ1n) is 4.39. The average Bonchev–Trinajstić information content (AvgIpc) is 2.77. The zero-order valence-corrected chi connectivity index (χ0v) is 8.60. The molecule has 1 rings (SSSR count). The molecule has 2 N–H and O–H groups in total. The zero-order valence-electron chi connectivity index (χ0n) is 8.60. The topological polar surface area (TPSA) is 115 Å². The molecule has 1 aromatic rings. The van der Waals surface area contributed by atoms with Gasteiger partial charge in [-0.05, 0) is 0 Å². The van der Waals surface area contributed by atoms with E-state index in [1.807, 2.05) is 0 Å². The van der Waals surface area contributed by atoms with Crippen LogP contribution in [0, 0.1) is 11.3 Å². The third-order valence-corrected chi connectivity index (χ3v) is 1.72. The molecule has 0 fully saturated rings. The van der Waals surface area contributed by atoms with Crippen LogP contribution in [0.3, 0.4) is 0 Å². The lowest BCUT2D eigenvalue weighted by Crippen LogP contribution is -2.40. The van der Waals surface area contributed by atoms with Crippen molar-refractivity contribution in [3.8, 4) is 6.07 Å². The number of rotatable bonds is 3. The van der Waals surface area contributed by atoms with Gasteiger partial charge in [0.15, 0.2) is 0 Å². The average molecular weight is 222 g/mol. The Labute approximate surface area is 91.3 Å². The summed E-state index contributed by atoms with van der Waals surface area (Å²) in [6, 6.07) is 1.71. The molecule has 0 aromatic carbocycles. The van der Waals surface area contributed by atoms with Crippen molar-refractivity contribution in [1.82, 2.24) is 25.4 Å². The highest BCUT2D eigenvalue weighted by Crippen LogP contribution is 1.94. The molecule has 0 saturated carbocycles. The Bertz CT molecular complexity index is 407. The van der Waals surface area contributed by atoms with Gasteiger partial charge in [0.25, 0.3) is 0 Å². The molecule has 0 aliphatic heterocycles. The summed E-state index contributed by atoms with van der Waals surface area (Å²) in [7, 11) is 1.46. The second kappa shape index (κ2) is 5.45. The molecule has 0 aliphatic rings. The summed E-state index contributed by atoms with van der Waals surface area (Å²) in [6.45, 7) is -0.0421. The number of nitrogens with one attached hydrogen (secondary N) is 2. The molecular weight excluding hydrogens is 212 g/mol. The largest absolute Gasteiger partial charge is 0.335 e. The number of nitrogens with zero attached hydrogens (tertiary/aromatic N) is 4. The molecule has 0 saturated heterocycles. The van der Waals surface area contributed by atoms with Crippen molar-refractivity contribution < 1.29 is 9.59 Å². The highest BCUT2D eigenvalue weighted by atomic mass is 16.2. The minimum atomic E-state index is -0.816. The maximum absolute atomic E-state index is 11.4. The fourth-order valence-electron chi connectivity index (χ4n) is 0.972. The highest BCUT2D eigenvalue weighted by molar-refractivity contribution is 6.34. The van der Waals surface area contributed by atoms with E-state index >= 15 is 0 Å². The first-order valence-corrected chi connectivity index (χ1v) is 4.39. The van der Waals surface area contributed by atoms with Gasteiger partial charge in [-0.1, -0.05) is 0 Å². The molecule has 0 radical (unpaired) electrons. The fourth-order valence-corrected chi connectivity index (χ4v) is 0.972. The van der Waals surface area contributed by atoms with Crippen LogP contribution in [-0.2, 0) is 16.1 Å². The second-order valence-corrected chi connectivity index (χ2v) is 2.93. The van der Waals surface area contributed by atoms with Crippen molar-refractivity contribution in [1.29, 1.82) is 5.26 Å². The van der Waals surface area contributed by atoms with Crippen LogP contribution in [0.1, 0.15) is 5.82 Å². The maximum atomic E-state index is 11.4. The molecule has 8 heteroatoms. The van der Waals surface area contributed by atoms with Gasteiger partial charge in [-0.2, -0.15) is 10.4 Å². The van der Waals surface area contributed by atoms with Crippen molar-refractivity contribution in [2.24, 2.45) is 0 Å². The van der Waals surface area contributed by atoms with Gasteiger partial charge < -0.3 is 10.2 Å². The Morgan fingerprint density at radius 2 is 2.44 bits per heavy atom. The van der Waals surface area contributed by atoms with Crippen LogP contribution in [0.15, 0.2) is 6.33 Å². The Morgan fingerprint density at radius 1 is 1.69 bits per heavy atom. The summed E-state index contributed by atoms with van der Waals surface area (Å²) in [5.74, 6) is -1.07. The number of carbonyl (C=O) groups excluding carboxylic acids is 2. The van der Waals surface area contributed by atoms with Crippen LogP contribution in [0.2, 0.25) is 0 Å². The van der Waals surface area contributed by atoms with Crippen LogP contribution in [0.4, 0.5) is 0 Å². The van der Waals surface area contributed by atoms with E-state index in [0.717, 1.165) is 0 Å². The minimum absolute atomic E-state index is 0.152. The molecule has 0 unspecified atom stereocenters. The number of likely N-dealkylation sites (N-methyl/N-ethyl adjacent to an activating group) is 1. The summed E-state index contributed by atoms with van der Waals surface area (Å²) < 4.78 is 0. The Balaban J connectivity index is 2.48. The van der Waals surface area contributed by atoms with Gasteiger partial charge in [-0.25, -0.2) is 4.98 Å². The first kappa shape index (κ1) is 11.6. The Kier molecular flexibility index (Phi) is 3.97. The molecule has 0 spiro atoms. The van der Waals surface area contributed by atoms with E-state index in [4.69, 9.17) is 5.26 Å². The van der Waals surface area contributed by atoms with Gasteiger partial charge in [0.05, 0.1) is 12.6 Å². The lowest BCUT2D eigenvalue weighted by Gasteiger charge is -2.13. The van der Waals surface area contributed by atoms with Gasteiger partial charge in [-0.3, -0.25) is 14.7 Å². The molecule has 1 aromatic heterocycles. The summed E-state index contributed by atoms with van der Waals surface area (Å²) >= 11 is 0. The van der Waals surface area contributed by atoms with Gasteiger partial charge in [0.1, 0.15) is 18.7 Å². The predicted molar refractivity (Wildman–Crippen MR) is 51.5 cm³/mol. The number of hydrogen-bond donors (Lipinski definition) is 2. The van der Waals surface area contributed by atoms with Crippen LogP contribution in [0.25, 0.3) is 0 Å². The lowest BCUT2D eigenvalue weighted by molar-refractivity contribution is -0.145. The number of aromatic nitrogens is 3. The standard InChI is InChI=1S/C8H10N6O2/c1-14(4-6-11-5-12-13-6)8(16)7(15)10-3-2-9/h5H,3-4H2,1H3,(H,10,15)(H,11,12,13). The normalized spacial score (nSPS) is 9.25. The lowest BCUT2D eigenvalue weighted by atomic mass is 10.4. The van der Waals surface area contributed by atoms with Crippen LogP contribution < -0.4 is 5.32 Å². The van der Waals surface area contributed by atoms with Crippen molar-refractivity contribution in [2.45, 2.75) is 6.54 Å². The van der Waals surface area contributed by atoms with E-state index in [2.05, 4.69) is 20.5 Å². The molecule has 0 atom stereocenters. The van der Waals surface area contributed by atoms with Crippen molar-refractivity contribution in [2.75, 3.05) is 13.6 Å². The molecule has 16 heavy (non-hydrogen) atoms. The number of aromatic amines is 1. The van der Waals surface area contributed by atoms with Crippen molar-refractivity contribution in [3.05, 3.63) is 12.2 Å². The number of hydrogen-bond acceptors (Lipinski definition) is 5. The van der Waals surface area contributed by atoms with Crippen LogP contribution in [-0.4, -0.2) is 45.5 Å². The SMILES string of the molecule is CN(Cc1ncn[nH]1)C(=O)C(=O)NCC#N. The van der Waals surface area contributed by atoms with Gasteiger partial charge >= 0.3 is 11.8 Å². The van der Waals surface area contributed by atoms with Gasteiger partial charge in [0, 0.05) is 7.05 Å². The molecule has 8 nitrogen and oxygen atoms in total. The third kappa shape index (κ3) is 3.06.